The van der Waals surface area contributed by atoms with E-state index in [1.807, 2.05) is 0 Å². The number of hydrogen-bond acceptors (Lipinski definition) is 2. The van der Waals surface area contributed by atoms with Gasteiger partial charge < -0.3 is 10.1 Å². The van der Waals surface area contributed by atoms with Gasteiger partial charge in [-0.1, -0.05) is 0 Å². The smallest absolute Gasteiger partial charge is 0.138 e. The molecule has 2 aliphatic heterocycles. The van der Waals surface area contributed by atoms with Crippen LogP contribution in [-0.2, 0) is 4.74 Å². The summed E-state index contributed by atoms with van der Waals surface area (Å²) in [6.45, 7) is 1.87. The van der Waals surface area contributed by atoms with Gasteiger partial charge >= 0.3 is 0 Å². The molecule has 0 aromatic carbocycles. The molecule has 2 nitrogen and oxygen atoms in total. The first-order valence-corrected chi connectivity index (χ1v) is 4.30. The fraction of sp³-hybridized carbons (Fsp3) is 1.00. The Morgan fingerprint density at radius 3 is 2.67 bits per heavy atom. The van der Waals surface area contributed by atoms with E-state index >= 15 is 0 Å². The van der Waals surface area contributed by atoms with E-state index < -0.39 is 5.67 Å². The van der Waals surface area contributed by atoms with Crippen molar-refractivity contribution in [2.45, 2.75) is 31.0 Å². The first-order chi connectivity index (χ1) is 5.29. The molecule has 1 N–H and O–H groups in total. The van der Waals surface area contributed by atoms with Gasteiger partial charge in [0.2, 0.25) is 0 Å². The minimum atomic E-state index is -0.949. The summed E-state index contributed by atoms with van der Waals surface area (Å²) in [5.74, 6) is 0. The molecule has 2 aliphatic rings. The maximum atomic E-state index is 13.4. The molecule has 0 radical (unpaired) electrons. The molecule has 1 atom stereocenters. The van der Waals surface area contributed by atoms with Crippen molar-refractivity contribution >= 4 is 12.4 Å². The van der Waals surface area contributed by atoms with E-state index in [0.717, 1.165) is 19.4 Å². The monoisotopic (exact) mass is 195 g/mol. The fourth-order valence-corrected chi connectivity index (χ4v) is 1.75. The van der Waals surface area contributed by atoms with E-state index in [1.165, 1.54) is 0 Å². The van der Waals surface area contributed by atoms with Gasteiger partial charge in [-0.25, -0.2) is 4.39 Å². The molecular weight excluding hydrogens is 181 g/mol. The van der Waals surface area contributed by atoms with Crippen LogP contribution in [0.4, 0.5) is 4.39 Å². The van der Waals surface area contributed by atoms with Gasteiger partial charge in [-0.3, -0.25) is 0 Å². The quantitative estimate of drug-likeness (QED) is 0.717. The van der Waals surface area contributed by atoms with Crippen LogP contribution in [0.3, 0.4) is 0 Å². The molecule has 0 aliphatic carbocycles. The Kier molecular flexibility index (Phi) is 3.32. The fourth-order valence-electron chi connectivity index (χ4n) is 1.75. The molecule has 2 heterocycles. The lowest BCUT2D eigenvalue weighted by Gasteiger charge is -2.36. The van der Waals surface area contributed by atoms with Crippen LogP contribution >= 0.6 is 12.4 Å². The van der Waals surface area contributed by atoms with Gasteiger partial charge in [0.25, 0.3) is 0 Å². The second-order valence-corrected chi connectivity index (χ2v) is 3.59. The SMILES string of the molecule is Cl.FC1(CC2CCCO2)CNC1. The first-order valence-electron chi connectivity index (χ1n) is 4.30. The van der Waals surface area contributed by atoms with E-state index in [1.54, 1.807) is 0 Å². The molecule has 72 valence electrons. The molecule has 0 spiro atoms. The predicted octanol–water partition coefficient (Wildman–Crippen LogP) is 1.29. The van der Waals surface area contributed by atoms with Gasteiger partial charge in [0.15, 0.2) is 0 Å². The lowest BCUT2D eigenvalue weighted by molar-refractivity contribution is 0.00947. The predicted molar refractivity (Wildman–Crippen MR) is 47.5 cm³/mol. The average Bonchev–Trinajstić information content (AvgIpc) is 2.36. The third kappa shape index (κ3) is 2.09. The molecular formula is C8H15ClFNO. The van der Waals surface area contributed by atoms with Crippen molar-refractivity contribution in [3.8, 4) is 0 Å². The van der Waals surface area contributed by atoms with Gasteiger partial charge in [0.1, 0.15) is 5.67 Å². The van der Waals surface area contributed by atoms with Crippen LogP contribution in [-0.4, -0.2) is 31.5 Å². The lowest BCUT2D eigenvalue weighted by atomic mass is 9.91. The molecule has 4 heteroatoms. The summed E-state index contributed by atoms with van der Waals surface area (Å²) < 4.78 is 18.8. The number of halogens is 2. The summed E-state index contributed by atoms with van der Waals surface area (Å²) in [6, 6.07) is 0. The Hall–Kier alpha value is 0.140. The van der Waals surface area contributed by atoms with Crippen LogP contribution in [0.25, 0.3) is 0 Å². The Morgan fingerprint density at radius 1 is 1.50 bits per heavy atom. The second kappa shape index (κ2) is 3.90. The van der Waals surface area contributed by atoms with E-state index in [0.29, 0.717) is 19.5 Å². The van der Waals surface area contributed by atoms with Crippen LogP contribution in [0.15, 0.2) is 0 Å². The third-order valence-electron chi connectivity index (χ3n) is 2.50. The molecule has 0 amide bonds. The minimum Gasteiger partial charge on any atom is -0.378 e. The summed E-state index contributed by atoms with van der Waals surface area (Å²) in [5.41, 5.74) is -0.949. The highest BCUT2D eigenvalue weighted by molar-refractivity contribution is 5.85. The van der Waals surface area contributed by atoms with Gasteiger partial charge in [-0.15, -0.1) is 12.4 Å². The van der Waals surface area contributed by atoms with E-state index in [2.05, 4.69) is 5.32 Å². The minimum absolute atomic E-state index is 0. The molecule has 2 saturated heterocycles. The second-order valence-electron chi connectivity index (χ2n) is 3.59. The summed E-state index contributed by atoms with van der Waals surface area (Å²) in [7, 11) is 0. The van der Waals surface area contributed by atoms with Crippen LogP contribution < -0.4 is 5.32 Å². The van der Waals surface area contributed by atoms with Crippen LogP contribution in [0.1, 0.15) is 19.3 Å². The van der Waals surface area contributed by atoms with Gasteiger partial charge in [-0.2, -0.15) is 0 Å². The van der Waals surface area contributed by atoms with Crippen molar-refractivity contribution in [3.05, 3.63) is 0 Å². The standard InChI is InChI=1S/C8H14FNO.ClH/c9-8(5-10-6-8)4-7-2-1-3-11-7;/h7,10H,1-6H2;1H. The zero-order valence-corrected chi connectivity index (χ0v) is 7.83. The highest BCUT2D eigenvalue weighted by Gasteiger charge is 2.39. The molecule has 1 unspecified atom stereocenters. The zero-order chi connectivity index (χ0) is 7.73. The van der Waals surface area contributed by atoms with Crippen molar-refractivity contribution in [2.24, 2.45) is 0 Å². The Balaban J connectivity index is 0.000000720. The van der Waals surface area contributed by atoms with Crippen LogP contribution in [0.5, 0.6) is 0 Å². The molecule has 0 saturated carbocycles. The zero-order valence-electron chi connectivity index (χ0n) is 7.01. The van der Waals surface area contributed by atoms with E-state index in [4.69, 9.17) is 4.74 Å². The number of hydrogen-bond donors (Lipinski definition) is 1. The molecule has 0 aromatic rings. The Labute approximate surface area is 78.3 Å². The number of rotatable bonds is 2. The van der Waals surface area contributed by atoms with Gasteiger partial charge in [-0.05, 0) is 12.8 Å². The molecule has 2 fully saturated rings. The normalized spacial score (nSPS) is 32.2. The number of ether oxygens (including phenoxy) is 1. The summed E-state index contributed by atoms with van der Waals surface area (Å²) in [5, 5.41) is 2.95. The van der Waals surface area contributed by atoms with Crippen molar-refractivity contribution < 1.29 is 9.13 Å². The summed E-state index contributed by atoms with van der Waals surface area (Å²) in [4.78, 5) is 0. The molecule has 0 aromatic heterocycles. The largest absolute Gasteiger partial charge is 0.378 e. The molecule has 2 rings (SSSR count). The van der Waals surface area contributed by atoms with Crippen LogP contribution in [0.2, 0.25) is 0 Å². The topological polar surface area (TPSA) is 21.3 Å². The summed E-state index contributed by atoms with van der Waals surface area (Å²) in [6.07, 6.45) is 2.95. The highest BCUT2D eigenvalue weighted by atomic mass is 35.5. The first kappa shape index (κ1) is 10.2. The van der Waals surface area contributed by atoms with Crippen molar-refractivity contribution in [1.29, 1.82) is 0 Å². The van der Waals surface area contributed by atoms with E-state index in [9.17, 15) is 4.39 Å². The maximum absolute atomic E-state index is 13.4. The Bertz CT molecular complexity index is 146. The average molecular weight is 196 g/mol. The lowest BCUT2D eigenvalue weighted by Crippen LogP contribution is -2.57. The number of alkyl halides is 1. The van der Waals surface area contributed by atoms with Crippen LogP contribution in [0, 0.1) is 0 Å². The maximum Gasteiger partial charge on any atom is 0.138 e. The van der Waals surface area contributed by atoms with Gasteiger partial charge in [0, 0.05) is 26.1 Å². The van der Waals surface area contributed by atoms with Gasteiger partial charge in [0.05, 0.1) is 6.10 Å². The Morgan fingerprint density at radius 2 is 2.25 bits per heavy atom. The van der Waals surface area contributed by atoms with Crippen molar-refractivity contribution in [2.75, 3.05) is 19.7 Å². The van der Waals surface area contributed by atoms with Crippen molar-refractivity contribution in [1.82, 2.24) is 5.32 Å². The van der Waals surface area contributed by atoms with E-state index in [-0.39, 0.29) is 18.5 Å². The summed E-state index contributed by atoms with van der Waals surface area (Å²) >= 11 is 0. The third-order valence-corrected chi connectivity index (χ3v) is 2.50. The number of nitrogens with one attached hydrogen (secondary N) is 1. The molecule has 12 heavy (non-hydrogen) atoms. The van der Waals surface area contributed by atoms with Crippen molar-refractivity contribution in [3.63, 3.8) is 0 Å². The highest BCUT2D eigenvalue weighted by Crippen LogP contribution is 2.28. The molecule has 0 bridgehead atoms.